The molecular formula is C25H29ClF2N2O2S. The topological polar surface area (TPSA) is 41.6 Å². The second-order valence-corrected chi connectivity index (χ2v) is 10.00. The Kier molecular flexibility index (Phi) is 7.82. The van der Waals surface area contributed by atoms with Crippen LogP contribution >= 0.6 is 23.5 Å². The van der Waals surface area contributed by atoms with Gasteiger partial charge in [0.1, 0.15) is 17.4 Å². The summed E-state index contributed by atoms with van der Waals surface area (Å²) in [6, 6.07) is 7.79. The smallest absolute Gasteiger partial charge is 0.264 e. The van der Waals surface area contributed by atoms with Crippen LogP contribution in [0.3, 0.4) is 0 Å². The number of benzene rings is 2. The number of nitrogens with one attached hydrogen (secondary N) is 1. The molecular weight excluding hydrogens is 466 g/mol. The third-order valence-electron chi connectivity index (χ3n) is 6.59. The predicted molar refractivity (Wildman–Crippen MR) is 129 cm³/mol. The average molecular weight is 495 g/mol. The molecule has 1 aliphatic carbocycles. The molecule has 0 spiro atoms. The van der Waals surface area contributed by atoms with E-state index in [0.29, 0.717) is 29.2 Å². The Morgan fingerprint density at radius 3 is 2.55 bits per heavy atom. The molecule has 1 saturated heterocycles. The molecule has 1 atom stereocenters. The van der Waals surface area contributed by atoms with Gasteiger partial charge in [0, 0.05) is 23.4 Å². The summed E-state index contributed by atoms with van der Waals surface area (Å²) in [6.07, 6.45) is 5.69. The summed E-state index contributed by atoms with van der Waals surface area (Å²) in [5, 5.41) is 0.413. The molecule has 0 bridgehead atoms. The number of amides is 1. The molecule has 2 fully saturated rings. The second-order valence-electron chi connectivity index (χ2n) is 8.95. The highest BCUT2D eigenvalue weighted by Gasteiger charge is 2.30. The van der Waals surface area contributed by atoms with E-state index in [9.17, 15) is 13.6 Å². The van der Waals surface area contributed by atoms with Gasteiger partial charge in [0.15, 0.2) is 0 Å². The van der Waals surface area contributed by atoms with Gasteiger partial charge in [-0.15, -0.1) is 0 Å². The normalized spacial score (nSPS) is 18.2. The predicted octanol–water partition coefficient (Wildman–Crippen LogP) is 6.36. The second kappa shape index (κ2) is 10.6. The first kappa shape index (κ1) is 24.3. The summed E-state index contributed by atoms with van der Waals surface area (Å²) in [5.74, 6) is -0.0431. The van der Waals surface area contributed by atoms with Gasteiger partial charge in [-0.3, -0.25) is 14.4 Å². The highest BCUT2D eigenvalue weighted by molar-refractivity contribution is 7.97. The van der Waals surface area contributed by atoms with Gasteiger partial charge >= 0.3 is 0 Å². The Labute approximate surface area is 203 Å². The van der Waals surface area contributed by atoms with E-state index in [1.54, 1.807) is 18.4 Å². The molecule has 4 rings (SSSR count). The number of rotatable bonds is 8. The minimum atomic E-state index is -0.557. The number of hydrogen-bond donors (Lipinski definition) is 1. The van der Waals surface area contributed by atoms with Crippen LogP contribution in [-0.4, -0.2) is 36.8 Å². The summed E-state index contributed by atoms with van der Waals surface area (Å²) in [4.78, 5) is 14.5. The van der Waals surface area contributed by atoms with Gasteiger partial charge in [0.05, 0.1) is 12.2 Å². The Bertz CT molecular complexity index is 990. The molecule has 0 unspecified atom stereocenters. The van der Waals surface area contributed by atoms with Crippen LogP contribution in [-0.2, 0) is 0 Å². The first-order valence-electron chi connectivity index (χ1n) is 11.3. The van der Waals surface area contributed by atoms with Gasteiger partial charge < -0.3 is 4.74 Å². The van der Waals surface area contributed by atoms with Crippen LogP contribution in [0.15, 0.2) is 30.3 Å². The molecule has 0 aromatic heterocycles. The number of carbonyl (C=O) groups is 1. The molecule has 1 amide bonds. The van der Waals surface area contributed by atoms with E-state index in [-0.39, 0.29) is 17.4 Å². The van der Waals surface area contributed by atoms with Gasteiger partial charge in [-0.2, -0.15) is 0 Å². The Hall–Kier alpha value is -1.83. The fourth-order valence-corrected chi connectivity index (χ4v) is 5.00. The van der Waals surface area contributed by atoms with Crippen molar-refractivity contribution in [3.05, 3.63) is 63.7 Å². The van der Waals surface area contributed by atoms with Gasteiger partial charge in [0.2, 0.25) is 0 Å². The van der Waals surface area contributed by atoms with Crippen LogP contribution in [0.25, 0.3) is 0 Å². The van der Waals surface area contributed by atoms with Crippen LogP contribution in [0, 0.1) is 17.6 Å². The van der Waals surface area contributed by atoms with Crippen LogP contribution in [0.4, 0.5) is 8.78 Å². The fourth-order valence-electron chi connectivity index (χ4n) is 4.47. The summed E-state index contributed by atoms with van der Waals surface area (Å²) >= 11 is 7.18. The maximum atomic E-state index is 14.6. The molecule has 1 N–H and O–H groups in total. The summed E-state index contributed by atoms with van der Waals surface area (Å²) in [5.41, 5.74) is 1.87. The lowest BCUT2D eigenvalue weighted by molar-refractivity contribution is 0.0980. The van der Waals surface area contributed by atoms with Crippen molar-refractivity contribution in [3.8, 4) is 5.75 Å². The SMILES string of the molecule is CSNC(=O)c1cc(C2CC2)c(OCC2CCN([C@H](C)c3cc(F)cc(Cl)c3)CC2)cc1F. The zero-order valence-corrected chi connectivity index (χ0v) is 20.4. The van der Waals surface area contributed by atoms with Crippen molar-refractivity contribution in [2.75, 3.05) is 26.0 Å². The Morgan fingerprint density at radius 1 is 1.18 bits per heavy atom. The maximum Gasteiger partial charge on any atom is 0.264 e. The zero-order chi connectivity index (χ0) is 23.5. The summed E-state index contributed by atoms with van der Waals surface area (Å²) in [6.45, 7) is 4.34. The van der Waals surface area contributed by atoms with Crippen molar-refractivity contribution in [1.29, 1.82) is 0 Å². The van der Waals surface area contributed by atoms with Crippen LogP contribution < -0.4 is 9.46 Å². The number of hydrogen-bond acceptors (Lipinski definition) is 4. The third-order valence-corrected chi connectivity index (χ3v) is 7.20. The zero-order valence-electron chi connectivity index (χ0n) is 18.9. The number of carbonyl (C=O) groups excluding carboxylic acids is 1. The molecule has 2 aromatic rings. The Balaban J connectivity index is 1.36. The van der Waals surface area contributed by atoms with Crippen LogP contribution in [0.1, 0.15) is 66.1 Å². The Morgan fingerprint density at radius 2 is 1.91 bits per heavy atom. The van der Waals surface area contributed by atoms with Crippen molar-refractivity contribution in [2.45, 2.75) is 44.6 Å². The van der Waals surface area contributed by atoms with E-state index in [2.05, 4.69) is 16.5 Å². The lowest BCUT2D eigenvalue weighted by Crippen LogP contribution is -2.37. The average Bonchev–Trinajstić information content (AvgIpc) is 3.62. The third kappa shape index (κ3) is 6.00. The largest absolute Gasteiger partial charge is 0.493 e. The number of ether oxygens (including phenoxy) is 1. The lowest BCUT2D eigenvalue weighted by Gasteiger charge is -2.36. The number of likely N-dealkylation sites (tertiary alicyclic amines) is 1. The maximum absolute atomic E-state index is 14.6. The van der Waals surface area contributed by atoms with Crippen molar-refractivity contribution < 1.29 is 18.3 Å². The first-order chi connectivity index (χ1) is 15.9. The van der Waals surface area contributed by atoms with Crippen molar-refractivity contribution in [2.24, 2.45) is 5.92 Å². The quantitative estimate of drug-likeness (QED) is 0.434. The van der Waals surface area contributed by atoms with Gasteiger partial charge in [-0.25, -0.2) is 8.78 Å². The van der Waals surface area contributed by atoms with Crippen molar-refractivity contribution in [3.63, 3.8) is 0 Å². The van der Waals surface area contributed by atoms with Crippen molar-refractivity contribution in [1.82, 2.24) is 9.62 Å². The monoisotopic (exact) mass is 494 g/mol. The number of piperidine rings is 1. The summed E-state index contributed by atoms with van der Waals surface area (Å²) in [7, 11) is 0. The van der Waals surface area contributed by atoms with E-state index in [1.165, 1.54) is 12.1 Å². The number of nitrogens with zero attached hydrogens (tertiary/aromatic N) is 1. The molecule has 1 heterocycles. The number of halogens is 3. The van der Waals surface area contributed by atoms with Crippen LogP contribution in [0.2, 0.25) is 5.02 Å². The minimum Gasteiger partial charge on any atom is -0.493 e. The fraction of sp³-hybridized carbons (Fsp3) is 0.480. The van der Waals surface area contributed by atoms with Crippen LogP contribution in [0.5, 0.6) is 5.75 Å². The van der Waals surface area contributed by atoms with E-state index < -0.39 is 11.7 Å². The van der Waals surface area contributed by atoms with Crippen molar-refractivity contribution >= 4 is 29.5 Å². The van der Waals surface area contributed by atoms with Gasteiger partial charge in [0.25, 0.3) is 5.91 Å². The van der Waals surface area contributed by atoms with E-state index in [0.717, 1.165) is 61.8 Å². The van der Waals surface area contributed by atoms with Gasteiger partial charge in [-0.1, -0.05) is 23.5 Å². The standard InChI is InChI=1S/C25H29ClF2N2O2S/c1-15(18-9-19(26)11-20(27)10-18)30-7-5-16(6-8-30)14-32-24-13-23(28)22(25(31)29-33-2)12-21(24)17-3-4-17/h9-13,15-17H,3-8,14H2,1-2H3,(H,29,31)/t15-/m1/s1. The lowest BCUT2D eigenvalue weighted by atomic mass is 9.95. The highest BCUT2D eigenvalue weighted by Crippen LogP contribution is 2.45. The molecule has 1 saturated carbocycles. The summed E-state index contributed by atoms with van der Waals surface area (Å²) < 4.78 is 37.0. The van der Waals surface area contributed by atoms with Gasteiger partial charge in [-0.05, 0) is 92.9 Å². The highest BCUT2D eigenvalue weighted by atomic mass is 35.5. The molecule has 0 radical (unpaired) electrons. The van der Waals surface area contributed by atoms with E-state index in [4.69, 9.17) is 16.3 Å². The molecule has 33 heavy (non-hydrogen) atoms. The molecule has 8 heteroatoms. The molecule has 2 aliphatic rings. The minimum absolute atomic E-state index is 0.0679. The molecule has 2 aromatic carbocycles. The molecule has 1 aliphatic heterocycles. The van der Waals surface area contributed by atoms with E-state index in [1.807, 2.05) is 6.07 Å². The first-order valence-corrected chi connectivity index (χ1v) is 13.0. The van der Waals surface area contributed by atoms with E-state index >= 15 is 0 Å². The molecule has 4 nitrogen and oxygen atoms in total. The molecule has 178 valence electrons.